The van der Waals surface area contributed by atoms with Crippen molar-refractivity contribution in [2.75, 3.05) is 7.05 Å². The average Bonchev–Trinajstić information content (AvgIpc) is 2.01. The second-order valence-corrected chi connectivity index (χ2v) is 3.95. The molecule has 0 saturated heterocycles. The summed E-state index contributed by atoms with van der Waals surface area (Å²) in [5.74, 6) is 0.0594. The predicted octanol–water partition coefficient (Wildman–Crippen LogP) is 0.951. The van der Waals surface area contributed by atoms with Crippen LogP contribution in [-0.4, -0.2) is 25.0 Å². The largest absolute Gasteiger partial charge is 0.454 e. The van der Waals surface area contributed by atoms with Crippen molar-refractivity contribution < 1.29 is 9.53 Å². The highest BCUT2D eigenvalue weighted by Gasteiger charge is 2.25. The van der Waals surface area contributed by atoms with E-state index in [2.05, 4.69) is 4.99 Å². The molecule has 1 atom stereocenters. The summed E-state index contributed by atoms with van der Waals surface area (Å²) in [7, 11) is 1.57. The number of amidine groups is 1. The molecule has 2 N–H and O–H groups in total. The van der Waals surface area contributed by atoms with Gasteiger partial charge in [-0.15, -0.1) is 0 Å². The van der Waals surface area contributed by atoms with Crippen molar-refractivity contribution in [1.29, 1.82) is 0 Å². The number of rotatable bonds is 2. The maximum atomic E-state index is 11.4. The topological polar surface area (TPSA) is 64.7 Å². The number of carbonyl (C=O) groups excluding carboxylic acids is 1. The zero-order valence-electron chi connectivity index (χ0n) is 8.92. The zero-order valence-corrected chi connectivity index (χ0v) is 8.92. The molecular formula is C9H18N2O2. The van der Waals surface area contributed by atoms with Crippen LogP contribution in [0.1, 0.15) is 27.7 Å². The summed E-state index contributed by atoms with van der Waals surface area (Å²) >= 11 is 0. The smallest absolute Gasteiger partial charge is 0.311 e. The van der Waals surface area contributed by atoms with E-state index < -0.39 is 11.5 Å². The van der Waals surface area contributed by atoms with Gasteiger partial charge in [-0.2, -0.15) is 0 Å². The van der Waals surface area contributed by atoms with E-state index in [-0.39, 0.29) is 5.97 Å². The molecule has 0 aliphatic carbocycles. The van der Waals surface area contributed by atoms with E-state index in [0.717, 1.165) is 0 Å². The summed E-state index contributed by atoms with van der Waals surface area (Å²) in [6, 6.07) is 0. The summed E-state index contributed by atoms with van der Waals surface area (Å²) < 4.78 is 5.07. The van der Waals surface area contributed by atoms with Crippen LogP contribution in [0.3, 0.4) is 0 Å². The summed E-state index contributed by atoms with van der Waals surface area (Å²) in [5.41, 5.74) is 4.98. The molecule has 0 aliphatic heterocycles. The van der Waals surface area contributed by atoms with Gasteiger partial charge in [0.1, 0.15) is 5.84 Å². The summed E-state index contributed by atoms with van der Waals surface area (Å²) in [6.45, 7) is 7.08. The SMILES string of the molecule is CN=C(N)[C@H](C)OC(=O)C(C)(C)C. The lowest BCUT2D eigenvalue weighted by Crippen LogP contribution is -2.34. The molecule has 0 spiro atoms. The lowest BCUT2D eigenvalue weighted by atomic mass is 9.97. The summed E-state index contributed by atoms with van der Waals surface area (Å²) in [4.78, 5) is 15.1. The number of esters is 1. The minimum absolute atomic E-state index is 0.272. The van der Waals surface area contributed by atoms with Gasteiger partial charge in [-0.25, -0.2) is 0 Å². The van der Waals surface area contributed by atoms with Crippen LogP contribution in [0.2, 0.25) is 0 Å². The molecule has 0 aliphatic rings. The van der Waals surface area contributed by atoms with Crippen molar-refractivity contribution in [1.82, 2.24) is 0 Å². The molecule has 76 valence electrons. The molecule has 0 heterocycles. The predicted molar refractivity (Wildman–Crippen MR) is 52.6 cm³/mol. The lowest BCUT2D eigenvalue weighted by molar-refractivity contribution is -0.154. The molecule has 0 amide bonds. The Balaban J connectivity index is 4.23. The first-order valence-corrected chi connectivity index (χ1v) is 4.22. The van der Waals surface area contributed by atoms with Crippen LogP contribution in [0.5, 0.6) is 0 Å². The Kier molecular flexibility index (Phi) is 3.91. The van der Waals surface area contributed by atoms with Crippen molar-refractivity contribution in [3.05, 3.63) is 0 Å². The Morgan fingerprint density at radius 1 is 1.46 bits per heavy atom. The van der Waals surface area contributed by atoms with Crippen LogP contribution in [0, 0.1) is 5.41 Å². The van der Waals surface area contributed by atoms with Crippen molar-refractivity contribution in [3.8, 4) is 0 Å². The van der Waals surface area contributed by atoms with Crippen molar-refractivity contribution in [3.63, 3.8) is 0 Å². The van der Waals surface area contributed by atoms with Crippen LogP contribution in [0.15, 0.2) is 4.99 Å². The Hall–Kier alpha value is -1.06. The third kappa shape index (κ3) is 3.92. The molecular weight excluding hydrogens is 168 g/mol. The van der Waals surface area contributed by atoms with E-state index in [1.54, 1.807) is 34.7 Å². The fourth-order valence-electron chi connectivity index (χ4n) is 0.580. The van der Waals surface area contributed by atoms with Gasteiger partial charge in [-0.3, -0.25) is 9.79 Å². The molecule has 4 heteroatoms. The highest BCUT2D eigenvalue weighted by Crippen LogP contribution is 2.16. The van der Waals surface area contributed by atoms with Gasteiger partial charge in [-0.05, 0) is 27.7 Å². The maximum Gasteiger partial charge on any atom is 0.311 e. The van der Waals surface area contributed by atoms with E-state index in [1.165, 1.54) is 0 Å². The molecule has 13 heavy (non-hydrogen) atoms. The standard InChI is InChI=1S/C9H18N2O2/c1-6(7(10)11-5)13-8(12)9(2,3)4/h6H,1-5H3,(H2,10,11)/t6-/m0/s1. The van der Waals surface area contributed by atoms with Crippen LogP contribution >= 0.6 is 0 Å². The fraction of sp³-hybridized carbons (Fsp3) is 0.778. The average molecular weight is 186 g/mol. The first kappa shape index (κ1) is 11.9. The van der Waals surface area contributed by atoms with Gasteiger partial charge in [0.2, 0.25) is 0 Å². The van der Waals surface area contributed by atoms with E-state index in [4.69, 9.17) is 10.5 Å². The van der Waals surface area contributed by atoms with Crippen molar-refractivity contribution >= 4 is 11.8 Å². The Morgan fingerprint density at radius 2 is 1.92 bits per heavy atom. The molecule has 0 saturated carbocycles. The number of nitrogens with two attached hydrogens (primary N) is 1. The molecule has 0 aromatic carbocycles. The zero-order chi connectivity index (χ0) is 10.6. The van der Waals surface area contributed by atoms with Crippen LogP contribution in [0.4, 0.5) is 0 Å². The molecule has 0 radical (unpaired) electrons. The number of nitrogens with zero attached hydrogens (tertiary/aromatic N) is 1. The van der Waals surface area contributed by atoms with Gasteiger partial charge in [-0.1, -0.05) is 0 Å². The van der Waals surface area contributed by atoms with E-state index >= 15 is 0 Å². The fourth-order valence-corrected chi connectivity index (χ4v) is 0.580. The molecule has 4 nitrogen and oxygen atoms in total. The first-order valence-electron chi connectivity index (χ1n) is 4.22. The van der Waals surface area contributed by atoms with Crippen LogP contribution in [-0.2, 0) is 9.53 Å². The highest BCUT2D eigenvalue weighted by atomic mass is 16.5. The molecule has 0 unspecified atom stereocenters. The van der Waals surface area contributed by atoms with Gasteiger partial charge >= 0.3 is 5.97 Å². The Labute approximate surface area is 79.2 Å². The molecule has 0 aromatic heterocycles. The molecule has 0 rings (SSSR count). The van der Waals surface area contributed by atoms with E-state index in [0.29, 0.717) is 5.84 Å². The highest BCUT2D eigenvalue weighted by molar-refractivity contribution is 5.87. The summed E-state index contributed by atoms with van der Waals surface area (Å²) in [5, 5.41) is 0. The molecule has 0 aromatic rings. The van der Waals surface area contributed by atoms with E-state index in [9.17, 15) is 4.79 Å². The van der Waals surface area contributed by atoms with E-state index in [1.807, 2.05) is 0 Å². The summed E-state index contributed by atoms with van der Waals surface area (Å²) in [6.07, 6.45) is -0.447. The van der Waals surface area contributed by atoms with Gasteiger partial charge in [0.05, 0.1) is 5.41 Å². The Bertz CT molecular complexity index is 216. The second-order valence-electron chi connectivity index (χ2n) is 3.95. The van der Waals surface area contributed by atoms with Crippen molar-refractivity contribution in [2.24, 2.45) is 16.1 Å². The number of aliphatic imine (C=N–C) groups is 1. The number of ether oxygens (including phenoxy) is 1. The molecule has 0 fully saturated rings. The minimum Gasteiger partial charge on any atom is -0.454 e. The number of hydrogen-bond acceptors (Lipinski definition) is 3. The normalized spacial score (nSPS) is 15.3. The third-order valence-electron chi connectivity index (χ3n) is 1.57. The van der Waals surface area contributed by atoms with Crippen LogP contribution < -0.4 is 5.73 Å². The van der Waals surface area contributed by atoms with Crippen LogP contribution in [0.25, 0.3) is 0 Å². The first-order chi connectivity index (χ1) is 5.79. The quantitative estimate of drug-likeness (QED) is 0.396. The van der Waals surface area contributed by atoms with Gasteiger partial charge in [0.25, 0.3) is 0 Å². The number of carbonyl (C=O) groups is 1. The van der Waals surface area contributed by atoms with Gasteiger partial charge in [0.15, 0.2) is 6.10 Å². The maximum absolute atomic E-state index is 11.4. The van der Waals surface area contributed by atoms with Crippen molar-refractivity contribution in [2.45, 2.75) is 33.8 Å². The Morgan fingerprint density at radius 3 is 2.23 bits per heavy atom. The lowest BCUT2D eigenvalue weighted by Gasteiger charge is -2.20. The van der Waals surface area contributed by atoms with Gasteiger partial charge < -0.3 is 10.5 Å². The third-order valence-corrected chi connectivity index (χ3v) is 1.57. The molecule has 0 bridgehead atoms. The minimum atomic E-state index is -0.498. The second kappa shape index (κ2) is 4.25. The monoisotopic (exact) mass is 186 g/mol. The number of hydrogen-bond donors (Lipinski definition) is 1. The van der Waals surface area contributed by atoms with Gasteiger partial charge in [0, 0.05) is 7.05 Å².